The second-order valence-corrected chi connectivity index (χ2v) is 3.34. The third-order valence-electron chi connectivity index (χ3n) is 0. The number of hydrogen-bond donors (Lipinski definition) is 7. The summed E-state index contributed by atoms with van der Waals surface area (Å²) in [5.74, 6) is 0. The van der Waals surface area contributed by atoms with Gasteiger partial charge in [-0.15, -0.1) is 0 Å². The molecule has 0 aliphatic rings. The van der Waals surface area contributed by atoms with Gasteiger partial charge in [-0.25, -0.2) is 4.57 Å². The van der Waals surface area contributed by atoms with Crippen molar-refractivity contribution in [2.24, 2.45) is 0 Å². The van der Waals surface area contributed by atoms with Gasteiger partial charge in [0.15, 0.2) is 0 Å². The van der Waals surface area contributed by atoms with Crippen molar-refractivity contribution in [3.63, 3.8) is 0 Å². The van der Waals surface area contributed by atoms with Crippen LogP contribution < -0.4 is 0 Å². The Morgan fingerprint density at radius 1 is 0.909 bits per heavy atom. The van der Waals surface area contributed by atoms with Gasteiger partial charge in [0, 0.05) is 21.7 Å². The molecule has 0 heterocycles. The number of rotatable bonds is 0. The smallest absolute Gasteiger partial charge is 0.368 e. The summed E-state index contributed by atoms with van der Waals surface area (Å²) in [4.78, 5) is 50.9. The van der Waals surface area contributed by atoms with Crippen LogP contribution >= 0.6 is 7.82 Å². The Balaban J connectivity index is -0.000000107. The summed E-state index contributed by atoms with van der Waals surface area (Å²) in [5.41, 5.74) is 0. The molecular weight excluding hydrogens is 235 g/mol. The zero-order valence-electron chi connectivity index (χ0n) is 4.99. The molecule has 0 aromatic carbocycles. The van der Waals surface area contributed by atoms with Gasteiger partial charge in [-0.1, -0.05) is 0 Å². The Hall–Kier alpha value is 0.881. The minimum absolute atomic E-state index is 0. The fourth-order valence-electron chi connectivity index (χ4n) is 0. The van der Waals surface area contributed by atoms with Crippen molar-refractivity contribution < 1.29 is 60.1 Å². The second-order valence-electron chi connectivity index (χ2n) is 1.11. The van der Waals surface area contributed by atoms with E-state index in [1.54, 1.807) is 0 Å². The van der Waals surface area contributed by atoms with Gasteiger partial charge < -0.3 is 33.9 Å². The van der Waals surface area contributed by atoms with Gasteiger partial charge in [0.05, 0.1) is 0 Å². The van der Waals surface area contributed by atoms with E-state index in [4.69, 9.17) is 38.4 Å². The zero-order valence-corrected chi connectivity index (χ0v) is 8.44. The molecular formula is H7O8PSiTi. The molecule has 0 radical (unpaired) electrons. The van der Waals surface area contributed by atoms with Crippen LogP contribution in [0.1, 0.15) is 0 Å². The molecule has 0 bridgehead atoms. The van der Waals surface area contributed by atoms with Crippen LogP contribution in [0.3, 0.4) is 0 Å². The molecule has 0 fully saturated rings. The van der Waals surface area contributed by atoms with Crippen molar-refractivity contribution in [3.05, 3.63) is 0 Å². The van der Waals surface area contributed by atoms with Crippen LogP contribution in [0.2, 0.25) is 0 Å². The van der Waals surface area contributed by atoms with Crippen LogP contribution in [0, 0.1) is 0 Å². The molecule has 0 aliphatic heterocycles. The topological polar surface area (TPSA) is 159 Å². The molecule has 68 valence electrons. The van der Waals surface area contributed by atoms with Gasteiger partial charge in [-0.05, 0) is 0 Å². The van der Waals surface area contributed by atoms with E-state index in [0.29, 0.717) is 0 Å². The molecule has 0 aromatic heterocycles. The summed E-state index contributed by atoms with van der Waals surface area (Å²) in [7, 11) is -9.25. The van der Waals surface area contributed by atoms with Crippen LogP contribution in [0.4, 0.5) is 0 Å². The Kier molecular flexibility index (Phi) is 10.4. The van der Waals surface area contributed by atoms with Crippen LogP contribution in [0.5, 0.6) is 0 Å². The fourth-order valence-corrected chi connectivity index (χ4v) is 0. The maximum absolute atomic E-state index is 8.88. The van der Waals surface area contributed by atoms with E-state index in [1.807, 2.05) is 0 Å². The van der Waals surface area contributed by atoms with E-state index in [9.17, 15) is 0 Å². The van der Waals surface area contributed by atoms with Crippen LogP contribution in [-0.2, 0) is 26.3 Å². The second kappa shape index (κ2) is 6.40. The molecule has 0 spiro atoms. The molecule has 0 saturated carbocycles. The predicted octanol–water partition coefficient (Wildman–Crippen LogP) is -3.54. The van der Waals surface area contributed by atoms with Crippen LogP contribution in [0.25, 0.3) is 0 Å². The average Bonchev–Trinajstić information content (AvgIpc) is 1.12. The zero-order chi connectivity index (χ0) is 9.00. The van der Waals surface area contributed by atoms with Crippen LogP contribution in [-0.4, -0.2) is 42.9 Å². The summed E-state index contributed by atoms with van der Waals surface area (Å²) >= 11 is 0. The Morgan fingerprint density at radius 2 is 0.909 bits per heavy atom. The fraction of sp³-hybridized carbons (Fsp3) is 0. The first kappa shape index (κ1) is 17.8. The molecule has 7 N–H and O–H groups in total. The van der Waals surface area contributed by atoms with E-state index in [0.717, 1.165) is 0 Å². The Morgan fingerprint density at radius 3 is 0.909 bits per heavy atom. The molecule has 0 atom stereocenters. The van der Waals surface area contributed by atoms with Gasteiger partial charge in [-0.2, -0.15) is 0 Å². The summed E-state index contributed by atoms with van der Waals surface area (Å²) in [6.07, 6.45) is 0. The SMILES string of the molecule is O=P(O)(O)O.O[Si](O)(O)O.[Ti]. The third-order valence-corrected chi connectivity index (χ3v) is 0. The predicted molar refractivity (Wildman–Crippen MR) is 28.9 cm³/mol. The van der Waals surface area contributed by atoms with E-state index in [1.165, 1.54) is 0 Å². The van der Waals surface area contributed by atoms with Gasteiger partial charge in [0.2, 0.25) is 0 Å². The Bertz CT molecular complexity index is 106. The molecule has 0 rings (SSSR count). The summed E-state index contributed by atoms with van der Waals surface area (Å²) in [6.45, 7) is 0. The molecule has 11 heteroatoms. The van der Waals surface area contributed by atoms with Crippen molar-refractivity contribution in [1.82, 2.24) is 0 Å². The van der Waals surface area contributed by atoms with Crippen molar-refractivity contribution in [1.29, 1.82) is 0 Å². The maximum atomic E-state index is 8.88. The molecule has 0 unspecified atom stereocenters. The van der Waals surface area contributed by atoms with Gasteiger partial charge in [0.1, 0.15) is 0 Å². The first-order chi connectivity index (χ1) is 4.00. The van der Waals surface area contributed by atoms with Crippen LogP contribution in [0.15, 0.2) is 0 Å². The molecule has 0 aliphatic carbocycles. The van der Waals surface area contributed by atoms with E-state index in [-0.39, 0.29) is 21.7 Å². The standard InChI is InChI=1S/H3O4P.H4O4Si.Ti/c2*1-5(2,3)4;/h(H3,1,2,3,4);1-4H;. The first-order valence-corrected chi connectivity index (χ1v) is 5.03. The van der Waals surface area contributed by atoms with Gasteiger partial charge in [0.25, 0.3) is 0 Å². The van der Waals surface area contributed by atoms with Crippen molar-refractivity contribution >= 4 is 16.9 Å². The maximum Gasteiger partial charge on any atom is 0.668 e. The third kappa shape index (κ3) is 1110. The normalized spacial score (nSPS) is 10.8. The number of phosphoric acid groups is 1. The largest absolute Gasteiger partial charge is 0.668 e. The molecule has 8 nitrogen and oxygen atoms in total. The molecule has 11 heavy (non-hydrogen) atoms. The number of hydrogen-bond acceptors (Lipinski definition) is 5. The molecule has 0 saturated heterocycles. The van der Waals surface area contributed by atoms with E-state index >= 15 is 0 Å². The first-order valence-electron chi connectivity index (χ1n) is 1.68. The molecule has 0 aromatic rings. The quantitative estimate of drug-likeness (QED) is 0.170. The summed E-state index contributed by atoms with van der Waals surface area (Å²) < 4.78 is 8.88. The minimum atomic E-state index is -4.64. The van der Waals surface area contributed by atoms with Gasteiger partial charge in [-0.3, -0.25) is 0 Å². The van der Waals surface area contributed by atoms with E-state index < -0.39 is 16.9 Å². The minimum Gasteiger partial charge on any atom is -0.368 e. The van der Waals surface area contributed by atoms with Crippen molar-refractivity contribution in [2.45, 2.75) is 0 Å². The average molecular weight is 242 g/mol. The van der Waals surface area contributed by atoms with E-state index in [2.05, 4.69) is 0 Å². The summed E-state index contributed by atoms with van der Waals surface area (Å²) in [5, 5.41) is 0. The van der Waals surface area contributed by atoms with Crippen molar-refractivity contribution in [3.8, 4) is 0 Å². The Labute approximate surface area is 77.4 Å². The van der Waals surface area contributed by atoms with Crippen molar-refractivity contribution in [2.75, 3.05) is 0 Å². The molecule has 0 amide bonds. The summed E-state index contributed by atoms with van der Waals surface area (Å²) in [6, 6.07) is 0. The van der Waals surface area contributed by atoms with Gasteiger partial charge >= 0.3 is 16.9 Å². The monoisotopic (exact) mass is 242 g/mol.